The maximum atomic E-state index is 12.7. The summed E-state index contributed by atoms with van der Waals surface area (Å²) in [5.41, 5.74) is 3.19. The average Bonchev–Trinajstić information content (AvgIpc) is 3.38. The van der Waals surface area contributed by atoms with Gasteiger partial charge < -0.3 is 10.1 Å². The molecule has 0 unspecified atom stereocenters. The molecule has 9 nitrogen and oxygen atoms in total. The van der Waals surface area contributed by atoms with Crippen LogP contribution in [0.5, 0.6) is 5.75 Å². The predicted octanol–water partition coefficient (Wildman–Crippen LogP) is 3.51. The van der Waals surface area contributed by atoms with E-state index in [1.165, 1.54) is 40.4 Å². The molecule has 0 radical (unpaired) electrons. The van der Waals surface area contributed by atoms with Crippen molar-refractivity contribution in [2.24, 2.45) is 0 Å². The molecule has 182 valence electrons. The van der Waals surface area contributed by atoms with Crippen molar-refractivity contribution in [2.45, 2.75) is 56.4 Å². The molecule has 0 bridgehead atoms. The third-order valence-corrected chi connectivity index (χ3v) is 8.33. The highest BCUT2D eigenvalue weighted by Gasteiger charge is 2.30. The smallest absolute Gasteiger partial charge is 0.312 e. The first-order valence-corrected chi connectivity index (χ1v) is 13.0. The lowest BCUT2D eigenvalue weighted by Gasteiger charge is -2.20. The van der Waals surface area contributed by atoms with Gasteiger partial charge in [0.1, 0.15) is 0 Å². The molecular formula is C24H29N3O6S. The molecule has 2 aromatic carbocycles. The van der Waals surface area contributed by atoms with Crippen LogP contribution in [0.25, 0.3) is 0 Å². The zero-order valence-corrected chi connectivity index (χ0v) is 20.0. The number of nitrogens with one attached hydrogen (secondary N) is 1. The topological polar surface area (TPSA) is 119 Å². The maximum Gasteiger partial charge on any atom is 0.312 e. The minimum absolute atomic E-state index is 0.151. The Labute approximate surface area is 199 Å². The number of carbonyl (C=O) groups is 1. The first kappa shape index (κ1) is 24.2. The monoisotopic (exact) mass is 487 g/mol. The van der Waals surface area contributed by atoms with Crippen molar-refractivity contribution in [3.8, 4) is 5.75 Å². The Hall–Kier alpha value is -2.98. The van der Waals surface area contributed by atoms with Crippen molar-refractivity contribution >= 4 is 21.6 Å². The van der Waals surface area contributed by atoms with Crippen LogP contribution in [0.2, 0.25) is 0 Å². The lowest BCUT2D eigenvalue weighted by Crippen LogP contribution is -2.31. The van der Waals surface area contributed by atoms with Crippen molar-refractivity contribution in [2.75, 3.05) is 19.7 Å². The van der Waals surface area contributed by atoms with Gasteiger partial charge in [0, 0.05) is 19.2 Å². The molecule has 1 amide bonds. The molecule has 4 rings (SSSR count). The van der Waals surface area contributed by atoms with E-state index in [0.717, 1.165) is 37.3 Å². The summed E-state index contributed by atoms with van der Waals surface area (Å²) in [5, 5.41) is 14.4. The summed E-state index contributed by atoms with van der Waals surface area (Å²) in [4.78, 5) is 23.2. The minimum atomic E-state index is -3.80. The number of rotatable bonds is 8. The molecule has 1 aliphatic carbocycles. The second-order valence-corrected chi connectivity index (χ2v) is 10.7. The molecular weight excluding hydrogens is 458 g/mol. The van der Waals surface area contributed by atoms with Gasteiger partial charge in [0.05, 0.1) is 15.9 Å². The number of fused-ring (bicyclic) bond motifs is 1. The van der Waals surface area contributed by atoms with Crippen LogP contribution in [0.1, 0.15) is 55.3 Å². The van der Waals surface area contributed by atoms with Gasteiger partial charge in [-0.2, -0.15) is 4.31 Å². The fourth-order valence-corrected chi connectivity index (χ4v) is 6.07. The van der Waals surface area contributed by atoms with E-state index in [-0.39, 0.29) is 16.7 Å². The van der Waals surface area contributed by atoms with Crippen molar-refractivity contribution < 1.29 is 22.9 Å². The Kier molecular flexibility index (Phi) is 7.18. The molecule has 2 aliphatic rings. The number of nitro groups is 1. The van der Waals surface area contributed by atoms with Crippen LogP contribution < -0.4 is 10.1 Å². The van der Waals surface area contributed by atoms with Crippen molar-refractivity contribution in [1.29, 1.82) is 0 Å². The first-order chi connectivity index (χ1) is 16.3. The zero-order valence-electron chi connectivity index (χ0n) is 19.2. The number of nitrogens with zero attached hydrogens (tertiary/aromatic N) is 2. The molecule has 0 spiro atoms. The quantitative estimate of drug-likeness (QED) is 0.450. The number of benzene rings is 2. The number of sulfonamides is 1. The van der Waals surface area contributed by atoms with Gasteiger partial charge in [-0.3, -0.25) is 14.9 Å². The Morgan fingerprint density at radius 2 is 1.79 bits per heavy atom. The Morgan fingerprint density at radius 3 is 2.50 bits per heavy atom. The van der Waals surface area contributed by atoms with Crippen LogP contribution in [0, 0.1) is 10.1 Å². The third-order valence-electron chi connectivity index (χ3n) is 6.44. The molecule has 1 heterocycles. The normalized spacial score (nSPS) is 17.1. The van der Waals surface area contributed by atoms with E-state index in [1.54, 1.807) is 0 Å². The van der Waals surface area contributed by atoms with E-state index in [2.05, 4.69) is 17.4 Å². The fourth-order valence-electron chi connectivity index (χ4n) is 4.53. The molecule has 1 fully saturated rings. The van der Waals surface area contributed by atoms with Crippen molar-refractivity contribution in [3.05, 3.63) is 63.2 Å². The molecule has 10 heteroatoms. The summed E-state index contributed by atoms with van der Waals surface area (Å²) >= 11 is 0. The highest BCUT2D eigenvalue weighted by molar-refractivity contribution is 7.89. The van der Waals surface area contributed by atoms with E-state index in [0.29, 0.717) is 13.1 Å². The first-order valence-electron chi connectivity index (χ1n) is 11.6. The summed E-state index contributed by atoms with van der Waals surface area (Å²) in [6.07, 6.45) is 6.03. The van der Waals surface area contributed by atoms with Crippen LogP contribution in [-0.2, 0) is 27.7 Å². The Balaban J connectivity index is 1.41. The average molecular weight is 488 g/mol. The van der Waals surface area contributed by atoms with Gasteiger partial charge in [0.25, 0.3) is 5.91 Å². The fraction of sp³-hybridized carbons (Fsp3) is 0.458. The van der Waals surface area contributed by atoms with Crippen molar-refractivity contribution in [1.82, 2.24) is 9.62 Å². The van der Waals surface area contributed by atoms with E-state index in [1.807, 2.05) is 13.0 Å². The predicted molar refractivity (Wildman–Crippen MR) is 126 cm³/mol. The molecule has 1 atom stereocenters. The number of aryl methyl sites for hydroxylation is 2. The summed E-state index contributed by atoms with van der Waals surface area (Å²) in [6.45, 7) is 2.26. The second kappa shape index (κ2) is 10.1. The van der Waals surface area contributed by atoms with Gasteiger partial charge >= 0.3 is 5.69 Å². The van der Waals surface area contributed by atoms with Gasteiger partial charge in [-0.15, -0.1) is 0 Å². The van der Waals surface area contributed by atoms with E-state index in [9.17, 15) is 23.3 Å². The SMILES string of the molecule is C[C@H](NC(=O)COc1ccc(S(=O)(=O)N2CCCC2)cc1[N+](=O)[O-])c1ccc2c(c1)CCCC2. The van der Waals surface area contributed by atoms with Crippen LogP contribution in [0.4, 0.5) is 5.69 Å². The van der Waals surface area contributed by atoms with E-state index in [4.69, 9.17) is 4.74 Å². The van der Waals surface area contributed by atoms with Gasteiger partial charge in [-0.1, -0.05) is 18.2 Å². The van der Waals surface area contributed by atoms with Gasteiger partial charge in [-0.05, 0) is 74.3 Å². The van der Waals surface area contributed by atoms with Crippen molar-refractivity contribution in [3.63, 3.8) is 0 Å². The molecule has 2 aromatic rings. The van der Waals surface area contributed by atoms with Gasteiger partial charge in [0.2, 0.25) is 10.0 Å². The van der Waals surface area contributed by atoms with Gasteiger partial charge in [-0.25, -0.2) is 8.42 Å². The Morgan fingerprint density at radius 1 is 1.09 bits per heavy atom. The lowest BCUT2D eigenvalue weighted by molar-refractivity contribution is -0.386. The largest absolute Gasteiger partial charge is 0.477 e. The Bertz CT molecular complexity index is 1190. The number of hydrogen-bond donors (Lipinski definition) is 1. The molecule has 1 N–H and O–H groups in total. The molecule has 0 saturated carbocycles. The van der Waals surface area contributed by atoms with Gasteiger partial charge in [0.15, 0.2) is 12.4 Å². The lowest BCUT2D eigenvalue weighted by atomic mass is 9.89. The summed E-state index contributed by atoms with van der Waals surface area (Å²) < 4.78 is 32.2. The van der Waals surface area contributed by atoms with E-state index < -0.39 is 33.1 Å². The number of carbonyl (C=O) groups excluding carboxylic acids is 1. The third kappa shape index (κ3) is 5.23. The van der Waals surface area contributed by atoms with Crippen LogP contribution >= 0.6 is 0 Å². The molecule has 1 aliphatic heterocycles. The van der Waals surface area contributed by atoms with Crippen LogP contribution in [0.15, 0.2) is 41.3 Å². The number of ether oxygens (including phenoxy) is 1. The second-order valence-electron chi connectivity index (χ2n) is 8.81. The standard InChI is InChI=1S/C24H29N3O6S/c1-17(19-9-8-18-6-2-3-7-20(18)14-19)25-24(28)16-33-23-11-10-21(15-22(23)27(29)30)34(31,32)26-12-4-5-13-26/h8-11,14-15,17H,2-7,12-13,16H2,1H3,(H,25,28)/t17-/m0/s1. The number of nitro benzene ring substituents is 1. The minimum Gasteiger partial charge on any atom is -0.477 e. The molecule has 1 saturated heterocycles. The highest BCUT2D eigenvalue weighted by atomic mass is 32.2. The van der Waals surface area contributed by atoms with E-state index >= 15 is 0 Å². The highest BCUT2D eigenvalue weighted by Crippen LogP contribution is 2.32. The maximum absolute atomic E-state index is 12.7. The molecule has 0 aromatic heterocycles. The summed E-state index contributed by atoms with van der Waals surface area (Å²) in [5.74, 6) is -0.574. The number of hydrogen-bond acceptors (Lipinski definition) is 6. The van der Waals surface area contributed by atoms with Crippen LogP contribution in [-0.4, -0.2) is 43.2 Å². The molecule has 34 heavy (non-hydrogen) atoms. The summed E-state index contributed by atoms with van der Waals surface area (Å²) in [7, 11) is -3.80. The zero-order chi connectivity index (χ0) is 24.3. The number of amides is 1. The van der Waals surface area contributed by atoms with Crippen LogP contribution in [0.3, 0.4) is 0 Å². The summed E-state index contributed by atoms with van der Waals surface area (Å²) in [6, 6.07) is 9.53.